The highest BCUT2D eigenvalue weighted by atomic mass is 16.6. The van der Waals surface area contributed by atoms with Crippen LogP contribution in [0, 0.1) is 5.92 Å². The van der Waals surface area contributed by atoms with Gasteiger partial charge in [-0.1, -0.05) is 12.2 Å². The third-order valence-electron chi connectivity index (χ3n) is 2.05. The molecule has 2 aliphatic rings. The maximum absolute atomic E-state index is 8.98. The van der Waals surface area contributed by atoms with Crippen molar-refractivity contribution in [3.8, 4) is 0 Å². The number of allylic oxidation sites excluding steroid dienone is 1. The molecule has 2 rings (SSSR count). The maximum Gasteiger partial charge on any atom is 0.155 e. The van der Waals surface area contributed by atoms with Gasteiger partial charge in [-0.05, 0) is 12.3 Å². The SMILES string of the molecule is OC1CC2CC=CC2O1. The smallest absolute Gasteiger partial charge is 0.155 e. The van der Waals surface area contributed by atoms with Crippen LogP contribution in [0.15, 0.2) is 12.2 Å². The molecule has 2 heteroatoms. The van der Waals surface area contributed by atoms with Crippen LogP contribution in [0.5, 0.6) is 0 Å². The molecule has 50 valence electrons. The molecular weight excluding hydrogens is 116 g/mol. The van der Waals surface area contributed by atoms with Crippen molar-refractivity contribution in [3.05, 3.63) is 12.2 Å². The lowest BCUT2D eigenvalue weighted by molar-refractivity contribution is -0.0781. The normalized spacial score (nSPS) is 47.9. The molecule has 1 N–H and O–H groups in total. The number of aliphatic hydroxyl groups excluding tert-OH is 1. The van der Waals surface area contributed by atoms with Crippen molar-refractivity contribution < 1.29 is 9.84 Å². The van der Waals surface area contributed by atoms with Crippen LogP contribution in [0.2, 0.25) is 0 Å². The number of fused-ring (bicyclic) bond motifs is 1. The van der Waals surface area contributed by atoms with E-state index in [1.807, 2.05) is 6.08 Å². The van der Waals surface area contributed by atoms with Gasteiger partial charge in [0.1, 0.15) is 0 Å². The van der Waals surface area contributed by atoms with Crippen molar-refractivity contribution in [2.45, 2.75) is 25.2 Å². The average Bonchev–Trinajstić information content (AvgIpc) is 2.22. The summed E-state index contributed by atoms with van der Waals surface area (Å²) in [7, 11) is 0. The summed E-state index contributed by atoms with van der Waals surface area (Å²) in [5, 5.41) is 8.98. The molecule has 3 atom stereocenters. The second-order valence-corrected chi connectivity index (χ2v) is 2.71. The van der Waals surface area contributed by atoms with E-state index in [0.717, 1.165) is 12.8 Å². The minimum absolute atomic E-state index is 0.222. The standard InChI is InChI=1S/C7H10O2/c8-7-4-5-2-1-3-6(5)9-7/h1,3,5-8H,2,4H2. The fraction of sp³-hybridized carbons (Fsp3) is 0.714. The van der Waals surface area contributed by atoms with Crippen LogP contribution in [0.25, 0.3) is 0 Å². The minimum Gasteiger partial charge on any atom is -0.368 e. The van der Waals surface area contributed by atoms with Gasteiger partial charge in [0.15, 0.2) is 6.29 Å². The Bertz CT molecular complexity index is 142. The van der Waals surface area contributed by atoms with Crippen LogP contribution in [0.4, 0.5) is 0 Å². The van der Waals surface area contributed by atoms with Gasteiger partial charge in [0.2, 0.25) is 0 Å². The molecule has 1 fully saturated rings. The Morgan fingerprint density at radius 1 is 1.56 bits per heavy atom. The van der Waals surface area contributed by atoms with Gasteiger partial charge in [-0.15, -0.1) is 0 Å². The van der Waals surface area contributed by atoms with Crippen LogP contribution in [0.3, 0.4) is 0 Å². The quantitative estimate of drug-likeness (QED) is 0.483. The van der Waals surface area contributed by atoms with Crippen molar-refractivity contribution in [1.29, 1.82) is 0 Å². The summed E-state index contributed by atoms with van der Waals surface area (Å²) in [6.07, 6.45) is 5.80. The minimum atomic E-state index is -0.495. The Morgan fingerprint density at radius 3 is 3.22 bits per heavy atom. The van der Waals surface area contributed by atoms with Crippen LogP contribution >= 0.6 is 0 Å². The molecule has 2 nitrogen and oxygen atoms in total. The highest BCUT2D eigenvalue weighted by Crippen LogP contribution is 2.33. The number of ether oxygens (including phenoxy) is 1. The molecule has 0 amide bonds. The van der Waals surface area contributed by atoms with E-state index in [9.17, 15) is 0 Å². The molecule has 9 heavy (non-hydrogen) atoms. The molecule has 0 bridgehead atoms. The lowest BCUT2D eigenvalue weighted by Crippen LogP contribution is -2.07. The molecule has 0 spiro atoms. The predicted octanol–water partition coefficient (Wildman–Crippen LogP) is 0.670. The topological polar surface area (TPSA) is 29.5 Å². The predicted molar refractivity (Wildman–Crippen MR) is 32.7 cm³/mol. The van der Waals surface area contributed by atoms with Gasteiger partial charge in [-0.25, -0.2) is 0 Å². The Morgan fingerprint density at radius 2 is 2.44 bits per heavy atom. The van der Waals surface area contributed by atoms with E-state index in [4.69, 9.17) is 9.84 Å². The lowest BCUT2D eigenvalue weighted by Gasteiger charge is -2.03. The van der Waals surface area contributed by atoms with Gasteiger partial charge in [-0.3, -0.25) is 0 Å². The van der Waals surface area contributed by atoms with E-state index >= 15 is 0 Å². The molecule has 1 heterocycles. The molecule has 0 aromatic rings. The highest BCUT2D eigenvalue weighted by molar-refractivity contribution is 5.05. The molecular formula is C7H10O2. The molecule has 0 aromatic heterocycles. The van der Waals surface area contributed by atoms with Gasteiger partial charge in [-0.2, -0.15) is 0 Å². The zero-order chi connectivity index (χ0) is 6.27. The number of rotatable bonds is 0. The summed E-state index contributed by atoms with van der Waals surface area (Å²) in [4.78, 5) is 0. The fourth-order valence-electron chi connectivity index (χ4n) is 1.56. The molecule has 0 aromatic carbocycles. The van der Waals surface area contributed by atoms with Crippen LogP contribution in [-0.4, -0.2) is 17.5 Å². The summed E-state index contributed by atoms with van der Waals surface area (Å²) < 4.78 is 5.15. The lowest BCUT2D eigenvalue weighted by atomic mass is 10.0. The van der Waals surface area contributed by atoms with Crippen LogP contribution < -0.4 is 0 Å². The van der Waals surface area contributed by atoms with E-state index < -0.39 is 6.29 Å². The number of hydrogen-bond donors (Lipinski definition) is 1. The van der Waals surface area contributed by atoms with Crippen LogP contribution in [0.1, 0.15) is 12.8 Å². The summed E-state index contributed by atoms with van der Waals surface area (Å²) in [6, 6.07) is 0. The summed E-state index contributed by atoms with van der Waals surface area (Å²) >= 11 is 0. The maximum atomic E-state index is 8.98. The first-order valence-electron chi connectivity index (χ1n) is 3.36. The number of hydrogen-bond acceptors (Lipinski definition) is 2. The first kappa shape index (κ1) is 5.45. The van der Waals surface area contributed by atoms with E-state index in [1.165, 1.54) is 0 Å². The van der Waals surface area contributed by atoms with E-state index in [0.29, 0.717) is 5.92 Å². The van der Waals surface area contributed by atoms with Gasteiger partial charge in [0.25, 0.3) is 0 Å². The van der Waals surface area contributed by atoms with E-state index in [2.05, 4.69) is 6.08 Å². The Labute approximate surface area is 54.1 Å². The zero-order valence-corrected chi connectivity index (χ0v) is 5.16. The van der Waals surface area contributed by atoms with Crippen LogP contribution in [-0.2, 0) is 4.74 Å². The fourth-order valence-corrected chi connectivity index (χ4v) is 1.56. The second-order valence-electron chi connectivity index (χ2n) is 2.71. The summed E-state index contributed by atoms with van der Waals surface area (Å²) in [5.74, 6) is 0.569. The van der Waals surface area contributed by atoms with Gasteiger partial charge >= 0.3 is 0 Å². The van der Waals surface area contributed by atoms with Crippen molar-refractivity contribution in [1.82, 2.24) is 0 Å². The molecule has 0 saturated carbocycles. The van der Waals surface area contributed by atoms with E-state index in [1.54, 1.807) is 0 Å². The Balaban J connectivity index is 2.08. The van der Waals surface area contributed by atoms with Gasteiger partial charge < -0.3 is 9.84 Å². The van der Waals surface area contributed by atoms with Crippen molar-refractivity contribution in [3.63, 3.8) is 0 Å². The summed E-state index contributed by atoms with van der Waals surface area (Å²) in [6.45, 7) is 0. The van der Waals surface area contributed by atoms with Gasteiger partial charge in [0.05, 0.1) is 6.10 Å². The zero-order valence-electron chi connectivity index (χ0n) is 5.16. The van der Waals surface area contributed by atoms with Crippen molar-refractivity contribution in [2.75, 3.05) is 0 Å². The molecule has 0 radical (unpaired) electrons. The first-order valence-corrected chi connectivity index (χ1v) is 3.36. The Kier molecular flexibility index (Phi) is 1.10. The van der Waals surface area contributed by atoms with E-state index in [-0.39, 0.29) is 6.10 Å². The third-order valence-corrected chi connectivity index (χ3v) is 2.05. The molecule has 1 aliphatic carbocycles. The van der Waals surface area contributed by atoms with Crippen molar-refractivity contribution >= 4 is 0 Å². The highest BCUT2D eigenvalue weighted by Gasteiger charge is 2.34. The number of aliphatic hydroxyl groups is 1. The molecule has 3 unspecified atom stereocenters. The monoisotopic (exact) mass is 126 g/mol. The first-order chi connectivity index (χ1) is 4.36. The summed E-state index contributed by atoms with van der Waals surface area (Å²) in [5.41, 5.74) is 0. The third kappa shape index (κ3) is 0.787. The average molecular weight is 126 g/mol. The van der Waals surface area contributed by atoms with Crippen molar-refractivity contribution in [2.24, 2.45) is 5.92 Å². The molecule has 1 aliphatic heterocycles. The van der Waals surface area contributed by atoms with Gasteiger partial charge in [0, 0.05) is 6.42 Å². The Hall–Kier alpha value is -0.340. The molecule has 1 saturated heterocycles. The largest absolute Gasteiger partial charge is 0.368 e. The second kappa shape index (κ2) is 1.82.